The molecule has 0 amide bonds. The highest BCUT2D eigenvalue weighted by Crippen LogP contribution is 2.31. The molecule has 0 spiro atoms. The van der Waals surface area contributed by atoms with E-state index in [0.29, 0.717) is 24.5 Å². The molecule has 0 N–H and O–H groups in total. The van der Waals surface area contributed by atoms with Gasteiger partial charge in [0, 0.05) is 16.9 Å². The lowest BCUT2D eigenvalue weighted by Gasteiger charge is -2.12. The number of hydrogen-bond acceptors (Lipinski definition) is 4. The molecule has 1 aromatic carbocycles. The largest absolute Gasteiger partial charge is 0.493 e. The molecular weight excluding hydrogens is 210 g/mol. The van der Waals surface area contributed by atoms with Gasteiger partial charge in [-0.15, -0.1) is 0 Å². The van der Waals surface area contributed by atoms with Gasteiger partial charge < -0.3 is 9.47 Å². The first-order valence-corrected chi connectivity index (χ1v) is 5.09. The van der Waals surface area contributed by atoms with Gasteiger partial charge in [0.15, 0.2) is 11.5 Å². The number of rotatable bonds is 6. The average molecular weight is 225 g/mol. The van der Waals surface area contributed by atoms with Crippen molar-refractivity contribution in [1.82, 2.24) is 0 Å². The molecule has 0 aliphatic rings. The normalized spacial score (nSPS) is 9.88. The number of benzene rings is 1. The van der Waals surface area contributed by atoms with Crippen LogP contribution in [0.15, 0.2) is 18.2 Å². The molecule has 0 unspecified atom stereocenters. The van der Waals surface area contributed by atoms with Crippen LogP contribution in [0.1, 0.15) is 12.5 Å². The summed E-state index contributed by atoms with van der Waals surface area (Å²) in [4.78, 5) is 9.98. The first kappa shape index (κ1) is 12.3. The molecule has 88 valence electrons. The fraction of sp³-hybridized carbons (Fsp3) is 0.455. The smallest absolute Gasteiger partial charge is 0.208 e. The molecular formula is C11H15NO4. The second-order valence-corrected chi connectivity index (χ2v) is 3.19. The fourth-order valence-electron chi connectivity index (χ4n) is 1.47. The average Bonchev–Trinajstić information content (AvgIpc) is 2.27. The molecule has 0 aliphatic carbocycles. The fourth-order valence-corrected chi connectivity index (χ4v) is 1.47. The van der Waals surface area contributed by atoms with Gasteiger partial charge >= 0.3 is 0 Å². The monoisotopic (exact) mass is 225 g/mol. The Labute approximate surface area is 94.1 Å². The van der Waals surface area contributed by atoms with E-state index in [1.165, 1.54) is 7.11 Å². The van der Waals surface area contributed by atoms with Crippen LogP contribution >= 0.6 is 0 Å². The van der Waals surface area contributed by atoms with Gasteiger partial charge in [0.05, 0.1) is 13.7 Å². The van der Waals surface area contributed by atoms with Gasteiger partial charge in [0.2, 0.25) is 6.54 Å². The van der Waals surface area contributed by atoms with E-state index in [4.69, 9.17) is 9.47 Å². The third-order valence-corrected chi connectivity index (χ3v) is 2.13. The van der Waals surface area contributed by atoms with E-state index in [0.717, 1.165) is 5.56 Å². The molecule has 0 aliphatic heterocycles. The maximum absolute atomic E-state index is 10.3. The highest BCUT2D eigenvalue weighted by atomic mass is 16.6. The Morgan fingerprint density at radius 3 is 2.75 bits per heavy atom. The summed E-state index contributed by atoms with van der Waals surface area (Å²) >= 11 is 0. The summed E-state index contributed by atoms with van der Waals surface area (Å²) in [5.41, 5.74) is 0.796. The summed E-state index contributed by atoms with van der Waals surface area (Å²) in [7, 11) is 1.54. The zero-order chi connectivity index (χ0) is 12.0. The third kappa shape index (κ3) is 3.12. The Hall–Kier alpha value is -1.78. The lowest BCUT2D eigenvalue weighted by atomic mass is 10.1. The Morgan fingerprint density at radius 1 is 1.44 bits per heavy atom. The summed E-state index contributed by atoms with van der Waals surface area (Å²) in [5, 5.41) is 10.3. The number of hydrogen-bond donors (Lipinski definition) is 0. The summed E-state index contributed by atoms with van der Waals surface area (Å²) < 4.78 is 10.6. The number of nitrogens with zero attached hydrogens (tertiary/aromatic N) is 1. The zero-order valence-electron chi connectivity index (χ0n) is 9.43. The standard InChI is InChI=1S/C11H15NO4/c1-3-16-10-6-4-5-9(11(10)15-2)7-8-12(13)14/h4-6H,3,7-8H2,1-2H3. The summed E-state index contributed by atoms with van der Waals surface area (Å²) in [6.45, 7) is 2.31. The van der Waals surface area contributed by atoms with E-state index in [1.54, 1.807) is 6.07 Å². The maximum Gasteiger partial charge on any atom is 0.208 e. The van der Waals surface area contributed by atoms with Crippen molar-refractivity contribution in [2.24, 2.45) is 0 Å². The summed E-state index contributed by atoms with van der Waals surface area (Å²) in [5.74, 6) is 1.22. The minimum absolute atomic E-state index is 0.105. The van der Waals surface area contributed by atoms with E-state index in [9.17, 15) is 10.1 Å². The number of nitro groups is 1. The lowest BCUT2D eigenvalue weighted by molar-refractivity contribution is -0.479. The Balaban J connectivity index is 2.89. The van der Waals surface area contributed by atoms with Crippen molar-refractivity contribution in [2.75, 3.05) is 20.3 Å². The minimum Gasteiger partial charge on any atom is -0.493 e. The van der Waals surface area contributed by atoms with Crippen molar-refractivity contribution < 1.29 is 14.4 Å². The van der Waals surface area contributed by atoms with Crippen LogP contribution in [-0.2, 0) is 6.42 Å². The van der Waals surface area contributed by atoms with Gasteiger partial charge in [0.1, 0.15) is 0 Å². The summed E-state index contributed by atoms with van der Waals surface area (Å²) in [6.07, 6.45) is 0.344. The molecule has 0 saturated heterocycles. The second-order valence-electron chi connectivity index (χ2n) is 3.19. The molecule has 0 heterocycles. The van der Waals surface area contributed by atoms with Gasteiger partial charge in [-0.05, 0) is 13.0 Å². The predicted octanol–water partition coefficient (Wildman–Crippen LogP) is 1.91. The molecule has 0 saturated carbocycles. The van der Waals surface area contributed by atoms with Gasteiger partial charge in [-0.1, -0.05) is 12.1 Å². The van der Waals surface area contributed by atoms with E-state index >= 15 is 0 Å². The molecule has 0 atom stereocenters. The van der Waals surface area contributed by atoms with Crippen LogP contribution in [0.3, 0.4) is 0 Å². The molecule has 0 fully saturated rings. The lowest BCUT2D eigenvalue weighted by Crippen LogP contribution is -2.06. The Kier molecular flexibility index (Phi) is 4.57. The Morgan fingerprint density at radius 2 is 2.19 bits per heavy atom. The zero-order valence-corrected chi connectivity index (χ0v) is 9.43. The minimum atomic E-state index is -0.340. The van der Waals surface area contributed by atoms with Crippen molar-refractivity contribution in [3.05, 3.63) is 33.9 Å². The van der Waals surface area contributed by atoms with E-state index < -0.39 is 0 Å². The molecule has 1 rings (SSSR count). The van der Waals surface area contributed by atoms with Crippen molar-refractivity contribution >= 4 is 0 Å². The van der Waals surface area contributed by atoms with Crippen molar-refractivity contribution in [3.63, 3.8) is 0 Å². The molecule has 5 heteroatoms. The molecule has 1 aromatic rings. The first-order valence-electron chi connectivity index (χ1n) is 5.09. The second kappa shape index (κ2) is 5.95. The highest BCUT2D eigenvalue weighted by Gasteiger charge is 2.11. The quantitative estimate of drug-likeness (QED) is 0.548. The first-order chi connectivity index (χ1) is 7.69. The van der Waals surface area contributed by atoms with Gasteiger partial charge in [-0.25, -0.2) is 0 Å². The van der Waals surface area contributed by atoms with Crippen LogP contribution in [0.4, 0.5) is 0 Å². The summed E-state index contributed by atoms with van der Waals surface area (Å²) in [6, 6.07) is 5.41. The van der Waals surface area contributed by atoms with Crippen LogP contribution in [0.5, 0.6) is 11.5 Å². The third-order valence-electron chi connectivity index (χ3n) is 2.13. The molecule has 5 nitrogen and oxygen atoms in total. The van der Waals surface area contributed by atoms with Crippen LogP contribution in [0, 0.1) is 10.1 Å². The van der Waals surface area contributed by atoms with E-state index in [1.807, 2.05) is 19.1 Å². The van der Waals surface area contributed by atoms with Crippen LogP contribution in [-0.4, -0.2) is 25.2 Å². The van der Waals surface area contributed by atoms with Crippen molar-refractivity contribution in [3.8, 4) is 11.5 Å². The number of ether oxygens (including phenoxy) is 2. The molecule has 0 bridgehead atoms. The number of para-hydroxylation sites is 1. The molecule has 0 aromatic heterocycles. The van der Waals surface area contributed by atoms with E-state index in [2.05, 4.69) is 0 Å². The van der Waals surface area contributed by atoms with Crippen molar-refractivity contribution in [1.29, 1.82) is 0 Å². The van der Waals surface area contributed by atoms with Gasteiger partial charge in [-0.3, -0.25) is 10.1 Å². The van der Waals surface area contributed by atoms with E-state index in [-0.39, 0.29) is 11.5 Å². The van der Waals surface area contributed by atoms with Crippen LogP contribution in [0.2, 0.25) is 0 Å². The van der Waals surface area contributed by atoms with Gasteiger partial charge in [-0.2, -0.15) is 0 Å². The van der Waals surface area contributed by atoms with Gasteiger partial charge in [0.25, 0.3) is 0 Å². The van der Waals surface area contributed by atoms with Crippen molar-refractivity contribution in [2.45, 2.75) is 13.3 Å². The topological polar surface area (TPSA) is 61.6 Å². The Bertz CT molecular complexity index is 365. The molecule has 16 heavy (non-hydrogen) atoms. The number of methoxy groups -OCH3 is 1. The predicted molar refractivity (Wildman–Crippen MR) is 59.7 cm³/mol. The van der Waals surface area contributed by atoms with Crippen LogP contribution in [0.25, 0.3) is 0 Å². The SMILES string of the molecule is CCOc1cccc(CC[N+](=O)[O-])c1OC. The maximum atomic E-state index is 10.3. The molecule has 0 radical (unpaired) electrons. The highest BCUT2D eigenvalue weighted by molar-refractivity contribution is 5.46. The van der Waals surface area contributed by atoms with Crippen LogP contribution < -0.4 is 9.47 Å².